The van der Waals surface area contributed by atoms with Crippen LogP contribution in [-0.2, 0) is 9.53 Å². The van der Waals surface area contributed by atoms with Crippen molar-refractivity contribution in [2.45, 2.75) is 26.8 Å². The van der Waals surface area contributed by atoms with E-state index in [2.05, 4.69) is 22.4 Å². The maximum atomic E-state index is 12.0. The van der Waals surface area contributed by atoms with Gasteiger partial charge in [0, 0.05) is 5.39 Å². The Morgan fingerprint density at radius 1 is 1.52 bits per heavy atom. The number of ether oxygens (including phenoxy) is 1. The van der Waals surface area contributed by atoms with Crippen molar-refractivity contribution in [2.75, 3.05) is 6.61 Å². The molecule has 3 N–H and O–H groups in total. The van der Waals surface area contributed by atoms with Gasteiger partial charge in [0.1, 0.15) is 6.04 Å². The van der Waals surface area contributed by atoms with Crippen molar-refractivity contribution in [2.24, 2.45) is 16.0 Å². The molecule has 0 aliphatic carbocycles. The molecule has 0 bridgehead atoms. The standard InChI is InChI=1S/C15H18N4O3S/c1-4-22-14(21)9(3)19-11-6-5-8(2)7-10(11)12(13(19)20)17-18-15(16)23/h5-7,9,20H,4H2,1-3H3,(H2,16,23)/t9-/m0/s1. The SMILES string of the molecule is CCOC(=O)[C@H](C)n1c(O)c(N=NC(N)=S)c2cc(C)ccc21. The molecule has 1 heterocycles. The van der Waals surface area contributed by atoms with Crippen molar-refractivity contribution >= 4 is 39.9 Å². The van der Waals surface area contributed by atoms with E-state index < -0.39 is 12.0 Å². The molecule has 0 radical (unpaired) electrons. The van der Waals surface area contributed by atoms with Crippen molar-refractivity contribution < 1.29 is 14.6 Å². The largest absolute Gasteiger partial charge is 0.493 e. The highest BCUT2D eigenvalue weighted by molar-refractivity contribution is 7.80. The van der Waals surface area contributed by atoms with Gasteiger partial charge >= 0.3 is 5.97 Å². The molecule has 0 spiro atoms. The first-order valence-electron chi connectivity index (χ1n) is 7.08. The number of benzene rings is 1. The molecule has 7 nitrogen and oxygen atoms in total. The Bertz CT molecular complexity index is 798. The quantitative estimate of drug-likeness (QED) is 0.508. The van der Waals surface area contributed by atoms with E-state index >= 15 is 0 Å². The summed E-state index contributed by atoms with van der Waals surface area (Å²) in [7, 11) is 0. The summed E-state index contributed by atoms with van der Waals surface area (Å²) in [6.07, 6.45) is 0. The van der Waals surface area contributed by atoms with E-state index in [1.54, 1.807) is 19.9 Å². The average Bonchev–Trinajstić information content (AvgIpc) is 2.75. The zero-order valence-corrected chi connectivity index (χ0v) is 13.9. The van der Waals surface area contributed by atoms with Crippen molar-refractivity contribution in [3.63, 3.8) is 0 Å². The number of hydrogen-bond acceptors (Lipinski definition) is 5. The van der Waals surface area contributed by atoms with E-state index in [0.29, 0.717) is 10.9 Å². The molecule has 0 fully saturated rings. The monoisotopic (exact) mass is 334 g/mol. The topological polar surface area (TPSA) is 102 Å². The molecule has 0 aliphatic rings. The first-order valence-corrected chi connectivity index (χ1v) is 7.49. The Labute approximate surface area is 138 Å². The molecule has 1 atom stereocenters. The van der Waals surface area contributed by atoms with E-state index in [0.717, 1.165) is 5.56 Å². The fourth-order valence-corrected chi connectivity index (χ4v) is 2.40. The minimum Gasteiger partial charge on any atom is -0.493 e. The van der Waals surface area contributed by atoms with Gasteiger partial charge in [-0.25, -0.2) is 4.79 Å². The first kappa shape index (κ1) is 16.9. The minimum absolute atomic E-state index is 0.142. The van der Waals surface area contributed by atoms with Crippen LogP contribution < -0.4 is 5.73 Å². The van der Waals surface area contributed by atoms with Crippen molar-refractivity contribution in [1.82, 2.24) is 4.57 Å². The second kappa shape index (κ2) is 6.74. The molecule has 1 aromatic heterocycles. The number of fused-ring (bicyclic) bond motifs is 1. The Kier molecular flexibility index (Phi) is 4.95. The van der Waals surface area contributed by atoms with Crippen LogP contribution in [0, 0.1) is 6.92 Å². The predicted octanol–water partition coefficient (Wildman–Crippen LogP) is 3.11. The summed E-state index contributed by atoms with van der Waals surface area (Å²) >= 11 is 4.68. The summed E-state index contributed by atoms with van der Waals surface area (Å²) in [6.45, 7) is 5.54. The maximum absolute atomic E-state index is 12.0. The Hall–Kier alpha value is -2.48. The molecule has 23 heavy (non-hydrogen) atoms. The van der Waals surface area contributed by atoms with Crippen LogP contribution in [0.25, 0.3) is 10.9 Å². The number of carbonyl (C=O) groups is 1. The Morgan fingerprint density at radius 2 is 2.22 bits per heavy atom. The third-order valence-corrected chi connectivity index (χ3v) is 3.45. The number of esters is 1. The number of carbonyl (C=O) groups excluding carboxylic acids is 1. The number of nitrogens with zero attached hydrogens (tertiary/aromatic N) is 3. The number of aromatic hydroxyl groups is 1. The summed E-state index contributed by atoms with van der Waals surface area (Å²) in [4.78, 5) is 12.0. The van der Waals surface area contributed by atoms with E-state index in [1.165, 1.54) is 4.57 Å². The molecule has 2 aromatic rings. The van der Waals surface area contributed by atoms with Gasteiger partial charge in [0.2, 0.25) is 11.0 Å². The number of azo groups is 1. The van der Waals surface area contributed by atoms with Gasteiger partial charge in [-0.15, -0.1) is 10.2 Å². The van der Waals surface area contributed by atoms with Crippen LogP contribution in [0.5, 0.6) is 5.88 Å². The van der Waals surface area contributed by atoms with Gasteiger partial charge in [0.25, 0.3) is 0 Å². The zero-order chi connectivity index (χ0) is 17.1. The maximum Gasteiger partial charge on any atom is 0.328 e. The molecule has 0 unspecified atom stereocenters. The number of nitrogens with two attached hydrogens (primary N) is 1. The van der Waals surface area contributed by atoms with E-state index in [4.69, 9.17) is 10.5 Å². The molecule has 1 aromatic carbocycles. The van der Waals surface area contributed by atoms with Crippen LogP contribution in [0.4, 0.5) is 5.69 Å². The lowest BCUT2D eigenvalue weighted by Gasteiger charge is -2.14. The fourth-order valence-electron chi connectivity index (χ4n) is 2.36. The van der Waals surface area contributed by atoms with Gasteiger partial charge in [-0.1, -0.05) is 11.6 Å². The van der Waals surface area contributed by atoms with Gasteiger partial charge in [-0.2, -0.15) is 0 Å². The first-order chi connectivity index (χ1) is 10.9. The highest BCUT2D eigenvalue weighted by Crippen LogP contribution is 2.41. The summed E-state index contributed by atoms with van der Waals surface area (Å²) in [6, 6.07) is 4.82. The van der Waals surface area contributed by atoms with Crippen molar-refractivity contribution in [1.29, 1.82) is 0 Å². The number of aryl methyl sites for hydroxylation is 1. The molecular weight excluding hydrogens is 316 g/mol. The average molecular weight is 334 g/mol. The van der Waals surface area contributed by atoms with Crippen molar-refractivity contribution in [3.8, 4) is 5.88 Å². The van der Waals surface area contributed by atoms with E-state index in [9.17, 15) is 9.90 Å². The molecule has 0 saturated heterocycles. The van der Waals surface area contributed by atoms with Crippen LogP contribution in [0.3, 0.4) is 0 Å². The minimum atomic E-state index is -0.714. The Morgan fingerprint density at radius 3 is 2.83 bits per heavy atom. The molecular formula is C15H18N4O3S. The summed E-state index contributed by atoms with van der Waals surface area (Å²) < 4.78 is 6.49. The van der Waals surface area contributed by atoms with Gasteiger partial charge in [-0.3, -0.25) is 4.57 Å². The molecule has 0 saturated carbocycles. The lowest BCUT2D eigenvalue weighted by Crippen LogP contribution is -2.18. The van der Waals surface area contributed by atoms with Gasteiger partial charge in [-0.05, 0) is 45.1 Å². The van der Waals surface area contributed by atoms with Gasteiger partial charge in [0.05, 0.1) is 12.1 Å². The van der Waals surface area contributed by atoms with E-state index in [-0.39, 0.29) is 23.3 Å². The molecule has 122 valence electrons. The molecule has 0 aliphatic heterocycles. The predicted molar refractivity (Wildman–Crippen MR) is 91.0 cm³/mol. The van der Waals surface area contributed by atoms with E-state index in [1.807, 2.05) is 19.1 Å². The van der Waals surface area contributed by atoms with Gasteiger partial charge in [0.15, 0.2) is 5.69 Å². The highest BCUT2D eigenvalue weighted by Gasteiger charge is 2.25. The summed E-state index contributed by atoms with van der Waals surface area (Å²) in [5.74, 6) is -0.635. The molecule has 2 rings (SSSR count). The second-order valence-electron chi connectivity index (χ2n) is 5.03. The van der Waals surface area contributed by atoms with Crippen LogP contribution >= 0.6 is 12.2 Å². The zero-order valence-electron chi connectivity index (χ0n) is 13.1. The smallest absolute Gasteiger partial charge is 0.328 e. The van der Waals surface area contributed by atoms with Crippen LogP contribution in [0.2, 0.25) is 0 Å². The second-order valence-corrected chi connectivity index (χ2v) is 5.45. The third kappa shape index (κ3) is 3.31. The summed E-state index contributed by atoms with van der Waals surface area (Å²) in [5.41, 5.74) is 7.16. The molecule has 8 heteroatoms. The normalized spacial score (nSPS) is 12.7. The summed E-state index contributed by atoms with van der Waals surface area (Å²) in [5, 5.41) is 18.6. The van der Waals surface area contributed by atoms with Crippen molar-refractivity contribution in [3.05, 3.63) is 23.8 Å². The number of rotatable bonds is 4. The Balaban J connectivity index is 2.68. The number of thiocarbonyl (C=S) groups is 1. The van der Waals surface area contributed by atoms with Crippen LogP contribution in [0.1, 0.15) is 25.5 Å². The lowest BCUT2D eigenvalue weighted by molar-refractivity contribution is -0.146. The highest BCUT2D eigenvalue weighted by atomic mass is 32.1. The number of hydrogen-bond donors (Lipinski definition) is 2. The van der Waals surface area contributed by atoms with Crippen LogP contribution in [-0.4, -0.2) is 27.4 Å². The third-order valence-electron chi connectivity index (χ3n) is 3.37. The van der Waals surface area contributed by atoms with Gasteiger partial charge < -0.3 is 15.6 Å². The molecule has 0 amide bonds. The lowest BCUT2D eigenvalue weighted by atomic mass is 10.1. The van der Waals surface area contributed by atoms with Crippen LogP contribution in [0.15, 0.2) is 28.4 Å². The number of aromatic nitrogens is 1. The fraction of sp³-hybridized carbons (Fsp3) is 0.333.